The van der Waals surface area contributed by atoms with Gasteiger partial charge in [-0.2, -0.15) is 0 Å². The molecule has 0 aliphatic heterocycles. The number of hydrogen-bond donors (Lipinski definition) is 8. The van der Waals surface area contributed by atoms with Gasteiger partial charge in [0, 0.05) is 33.3 Å². The van der Waals surface area contributed by atoms with Crippen LogP contribution in [0.4, 0.5) is 21.0 Å². The van der Waals surface area contributed by atoms with E-state index >= 15 is 0 Å². The topological polar surface area (TPSA) is 163 Å². The molecule has 2 unspecified atom stereocenters. The maximum atomic E-state index is 12.2. The first-order valence-corrected chi connectivity index (χ1v) is 15.6. The highest BCUT2D eigenvalue weighted by atomic mass is 35.5. The Kier molecular flexibility index (Phi) is 14.0. The Hall–Kier alpha value is -3.70. The highest BCUT2D eigenvalue weighted by Gasteiger charge is 2.27. The van der Waals surface area contributed by atoms with Crippen molar-refractivity contribution in [3.63, 3.8) is 0 Å². The zero-order valence-electron chi connectivity index (χ0n) is 27.3. The van der Waals surface area contributed by atoms with Crippen molar-refractivity contribution in [2.24, 2.45) is 5.41 Å². The van der Waals surface area contributed by atoms with Crippen molar-refractivity contribution < 1.29 is 30.0 Å². The number of halogens is 2. The van der Waals surface area contributed by atoms with E-state index in [2.05, 4.69) is 42.0 Å². The highest BCUT2D eigenvalue weighted by molar-refractivity contribution is 6.31. The summed E-state index contributed by atoms with van der Waals surface area (Å²) in [6, 6.07) is 14.7. The van der Waals surface area contributed by atoms with E-state index in [1.807, 2.05) is 44.2 Å². The molecule has 0 radical (unpaired) electrons. The van der Waals surface area contributed by atoms with E-state index in [4.69, 9.17) is 23.2 Å². The van der Waals surface area contributed by atoms with E-state index in [9.17, 15) is 30.0 Å². The monoisotopic (exact) mass is 676 g/mol. The Bertz CT molecular complexity index is 1470. The molecular formula is C34H46Cl2N4O6. The van der Waals surface area contributed by atoms with Crippen molar-refractivity contribution >= 4 is 46.6 Å². The maximum Gasteiger partial charge on any atom is 0.319 e. The van der Waals surface area contributed by atoms with Crippen LogP contribution in [0.2, 0.25) is 10.0 Å². The summed E-state index contributed by atoms with van der Waals surface area (Å²) in [7, 11) is 0. The molecule has 0 fully saturated rings. The lowest BCUT2D eigenvalue weighted by Crippen LogP contribution is -2.47. The summed E-state index contributed by atoms with van der Waals surface area (Å²) in [5.41, 5.74) is 1.62. The molecular weight excluding hydrogens is 631 g/mol. The molecule has 4 amide bonds. The second-order valence-corrected chi connectivity index (χ2v) is 13.8. The number of rotatable bonds is 9. The molecule has 252 valence electrons. The van der Waals surface area contributed by atoms with Gasteiger partial charge in [-0.05, 0) is 75.8 Å². The lowest BCUT2D eigenvalue weighted by atomic mass is 9.82. The molecule has 46 heavy (non-hydrogen) atoms. The van der Waals surface area contributed by atoms with Gasteiger partial charge in [0.15, 0.2) is 0 Å². The van der Waals surface area contributed by atoms with Crippen LogP contribution in [0, 0.1) is 5.41 Å². The van der Waals surface area contributed by atoms with Crippen LogP contribution in [0.25, 0.3) is 0 Å². The molecule has 0 aromatic heterocycles. The average molecular weight is 678 g/mol. The van der Waals surface area contributed by atoms with Crippen LogP contribution in [0.1, 0.15) is 83.8 Å². The largest absolute Gasteiger partial charge is 0.505 e. The van der Waals surface area contributed by atoms with Crippen molar-refractivity contribution in [3.8, 4) is 11.5 Å². The lowest BCUT2D eigenvalue weighted by molar-refractivity contribution is 0.194. The van der Waals surface area contributed by atoms with Crippen LogP contribution in [0.15, 0.2) is 54.6 Å². The van der Waals surface area contributed by atoms with Crippen molar-refractivity contribution in [2.75, 3.05) is 17.2 Å². The smallest absolute Gasteiger partial charge is 0.319 e. The number of benzene rings is 3. The highest BCUT2D eigenvalue weighted by Crippen LogP contribution is 2.36. The minimum Gasteiger partial charge on any atom is -0.505 e. The predicted molar refractivity (Wildman–Crippen MR) is 185 cm³/mol. The fraction of sp³-hybridized carbons (Fsp3) is 0.412. The number of aliphatic hydroxyl groups excluding tert-OH is 2. The zero-order chi connectivity index (χ0) is 34.8. The summed E-state index contributed by atoms with van der Waals surface area (Å²) < 4.78 is 0. The number of urea groups is 2. The maximum absolute atomic E-state index is 12.2. The normalized spacial score (nSPS) is 12.7. The van der Waals surface area contributed by atoms with Crippen LogP contribution in [0.5, 0.6) is 11.5 Å². The first kappa shape index (κ1) is 38.5. The van der Waals surface area contributed by atoms with Crippen LogP contribution in [0.3, 0.4) is 0 Å². The number of anilines is 2. The first-order valence-electron chi connectivity index (χ1n) is 14.9. The standard InChI is InChI=1S/C17H19ClN2O3.C17H27ClN2O3/c1-11(21)14-9-13(18)10-15(16(14)22)20-17(23)19-8-7-12-5-3-2-4-6-12;1-10(21)12-7-11(18)8-13(14(12)22)19-15(23)20-17(5,6)9-16(2,3)4/h2-6,9-11,21-22H,7-8H2,1H3,(H2,19,20,23);7-8,10,21-22H,9H2,1-6H3,(H2,19,20,23). The molecule has 12 heteroatoms. The minimum absolute atomic E-state index is 0.0640. The Morgan fingerprint density at radius 3 is 1.65 bits per heavy atom. The number of hydrogen-bond acceptors (Lipinski definition) is 6. The Labute approximate surface area is 281 Å². The number of aromatic hydroxyl groups is 2. The molecule has 0 aliphatic rings. The van der Waals surface area contributed by atoms with Gasteiger partial charge in [-0.3, -0.25) is 0 Å². The minimum atomic E-state index is -0.894. The molecule has 10 nitrogen and oxygen atoms in total. The predicted octanol–water partition coefficient (Wildman–Crippen LogP) is 7.90. The number of nitrogens with one attached hydrogen (secondary N) is 4. The van der Waals surface area contributed by atoms with Gasteiger partial charge in [-0.25, -0.2) is 9.59 Å². The molecule has 3 aromatic rings. The van der Waals surface area contributed by atoms with Crippen molar-refractivity contribution in [1.82, 2.24) is 10.6 Å². The van der Waals surface area contributed by atoms with E-state index in [0.29, 0.717) is 23.0 Å². The van der Waals surface area contributed by atoms with E-state index < -0.39 is 29.8 Å². The summed E-state index contributed by atoms with van der Waals surface area (Å²) in [4.78, 5) is 24.1. The zero-order valence-corrected chi connectivity index (χ0v) is 28.8. The van der Waals surface area contributed by atoms with Gasteiger partial charge in [0.05, 0.1) is 23.6 Å². The van der Waals surface area contributed by atoms with E-state index in [1.54, 1.807) is 0 Å². The van der Waals surface area contributed by atoms with Gasteiger partial charge in [-0.15, -0.1) is 0 Å². The molecule has 8 N–H and O–H groups in total. The second-order valence-electron chi connectivity index (χ2n) is 13.0. The van der Waals surface area contributed by atoms with Crippen molar-refractivity contribution in [1.29, 1.82) is 0 Å². The number of phenols is 2. The number of phenolic OH excluding ortho intramolecular Hbond substituents is 2. The Balaban J connectivity index is 0.000000320. The summed E-state index contributed by atoms with van der Waals surface area (Å²) in [5.74, 6) is -0.379. The molecule has 0 spiro atoms. The van der Waals surface area contributed by atoms with Gasteiger partial charge >= 0.3 is 12.1 Å². The van der Waals surface area contributed by atoms with Gasteiger partial charge < -0.3 is 41.7 Å². The number of aliphatic hydroxyl groups is 2. The van der Waals surface area contributed by atoms with E-state index in [0.717, 1.165) is 12.0 Å². The second kappa shape index (κ2) is 16.7. The van der Waals surface area contributed by atoms with Crippen LogP contribution >= 0.6 is 23.2 Å². The third-order valence-corrected chi connectivity index (χ3v) is 7.01. The van der Waals surface area contributed by atoms with Gasteiger partial charge in [0.2, 0.25) is 0 Å². The molecule has 0 saturated carbocycles. The molecule has 2 atom stereocenters. The van der Waals surface area contributed by atoms with Gasteiger partial charge in [0.25, 0.3) is 0 Å². The molecule has 0 saturated heterocycles. The van der Waals surface area contributed by atoms with E-state index in [-0.39, 0.29) is 39.4 Å². The average Bonchev–Trinajstić information content (AvgIpc) is 2.91. The molecule has 3 rings (SSSR count). The fourth-order valence-electron chi connectivity index (χ4n) is 5.03. The third kappa shape index (κ3) is 13.0. The summed E-state index contributed by atoms with van der Waals surface area (Å²) in [5, 5.41) is 50.9. The Morgan fingerprint density at radius 1 is 0.761 bits per heavy atom. The quantitative estimate of drug-likeness (QED) is 0.107. The SMILES string of the molecule is CC(O)c1cc(Cl)cc(NC(=O)NC(C)(C)CC(C)(C)C)c1O.CC(O)c1cc(Cl)cc(NC(=O)NCCc2ccccc2)c1O. The van der Waals surface area contributed by atoms with Crippen LogP contribution < -0.4 is 21.3 Å². The summed E-state index contributed by atoms with van der Waals surface area (Å²) in [6.07, 6.45) is -0.298. The fourth-order valence-corrected chi connectivity index (χ4v) is 5.48. The third-order valence-electron chi connectivity index (χ3n) is 6.57. The molecule has 0 aliphatic carbocycles. The van der Waals surface area contributed by atoms with Gasteiger partial charge in [-0.1, -0.05) is 74.3 Å². The molecule has 0 bridgehead atoms. The van der Waals surface area contributed by atoms with Gasteiger partial charge in [0.1, 0.15) is 11.5 Å². The van der Waals surface area contributed by atoms with Crippen molar-refractivity contribution in [3.05, 3.63) is 81.3 Å². The molecule has 3 aromatic carbocycles. The number of amides is 4. The number of carbonyl (C=O) groups is 2. The van der Waals surface area contributed by atoms with Crippen LogP contribution in [-0.4, -0.2) is 44.6 Å². The first-order chi connectivity index (χ1) is 21.3. The van der Waals surface area contributed by atoms with Crippen molar-refractivity contribution in [2.45, 2.75) is 79.1 Å². The van der Waals surface area contributed by atoms with Crippen LogP contribution in [-0.2, 0) is 6.42 Å². The Morgan fingerprint density at radius 2 is 1.22 bits per heavy atom. The summed E-state index contributed by atoms with van der Waals surface area (Å²) >= 11 is 11.9. The molecule has 0 heterocycles. The number of carbonyl (C=O) groups excluding carboxylic acids is 2. The van der Waals surface area contributed by atoms with E-state index in [1.165, 1.54) is 38.1 Å². The summed E-state index contributed by atoms with van der Waals surface area (Å²) in [6.45, 7) is 13.7. The lowest BCUT2D eigenvalue weighted by Gasteiger charge is -2.33.